The summed E-state index contributed by atoms with van der Waals surface area (Å²) in [5.41, 5.74) is 3.49. The molecule has 1 N–H and O–H groups in total. The fraction of sp³-hybridized carbons (Fsp3) is 0.571. The number of anilines is 1. The van der Waals surface area contributed by atoms with E-state index in [-0.39, 0.29) is 17.3 Å². The second-order valence-electron chi connectivity index (χ2n) is 10.0. The molecule has 5 heteroatoms. The summed E-state index contributed by atoms with van der Waals surface area (Å²) in [4.78, 5) is 27.3. The van der Waals surface area contributed by atoms with Gasteiger partial charge in [0.05, 0.1) is 12.2 Å². The summed E-state index contributed by atoms with van der Waals surface area (Å²) in [6.45, 7) is 8.62. The maximum Gasteiger partial charge on any atom is 0.341 e. The lowest BCUT2D eigenvalue weighted by molar-refractivity contribution is 0.0526. The Morgan fingerprint density at radius 3 is 2.06 bits per heavy atom. The number of hydrogen-bond acceptors (Lipinski definition) is 4. The van der Waals surface area contributed by atoms with Crippen LogP contribution in [0.5, 0.6) is 0 Å². The first kappa shape index (κ1) is 25.5. The van der Waals surface area contributed by atoms with Gasteiger partial charge in [0.15, 0.2) is 0 Å². The first-order valence-electron chi connectivity index (χ1n) is 12.5. The smallest absolute Gasteiger partial charge is 0.341 e. The Bertz CT molecular complexity index is 937. The van der Waals surface area contributed by atoms with Gasteiger partial charge in [-0.25, -0.2) is 4.79 Å². The summed E-state index contributed by atoms with van der Waals surface area (Å²) < 4.78 is 5.42. The topological polar surface area (TPSA) is 55.4 Å². The van der Waals surface area contributed by atoms with Gasteiger partial charge in [-0.3, -0.25) is 4.79 Å². The van der Waals surface area contributed by atoms with Crippen LogP contribution in [0.25, 0.3) is 0 Å². The molecule has 0 spiro atoms. The zero-order valence-electron chi connectivity index (χ0n) is 20.7. The van der Waals surface area contributed by atoms with E-state index < -0.39 is 0 Å². The third kappa shape index (κ3) is 6.92. The molecule has 1 amide bonds. The van der Waals surface area contributed by atoms with Crippen LogP contribution >= 0.6 is 11.3 Å². The van der Waals surface area contributed by atoms with Crippen LogP contribution in [-0.2, 0) is 23.0 Å². The molecule has 1 aromatic heterocycles. The van der Waals surface area contributed by atoms with Crippen molar-refractivity contribution >= 4 is 28.2 Å². The van der Waals surface area contributed by atoms with Crippen LogP contribution in [0.4, 0.5) is 5.00 Å². The Kier molecular flexibility index (Phi) is 9.13. The molecule has 0 saturated carbocycles. The number of ether oxygens (including phenoxy) is 1. The second-order valence-corrected chi connectivity index (χ2v) is 11.1. The molecule has 0 saturated heterocycles. The van der Waals surface area contributed by atoms with E-state index in [1.165, 1.54) is 49.0 Å². The lowest BCUT2D eigenvalue weighted by Crippen LogP contribution is -2.16. The Morgan fingerprint density at radius 1 is 0.909 bits per heavy atom. The van der Waals surface area contributed by atoms with Crippen LogP contribution in [0.1, 0.15) is 116 Å². The number of carbonyl (C=O) groups excluding carboxylic acids is 2. The van der Waals surface area contributed by atoms with Gasteiger partial charge in [0.25, 0.3) is 5.91 Å². The van der Waals surface area contributed by atoms with E-state index in [1.54, 1.807) is 11.3 Å². The number of fused-ring (bicyclic) bond motifs is 1. The molecule has 0 aliphatic heterocycles. The van der Waals surface area contributed by atoms with Gasteiger partial charge in [-0.1, -0.05) is 71.4 Å². The van der Waals surface area contributed by atoms with Crippen LogP contribution in [0.2, 0.25) is 0 Å². The van der Waals surface area contributed by atoms with E-state index in [0.29, 0.717) is 22.7 Å². The predicted octanol–water partition coefficient (Wildman–Crippen LogP) is 7.69. The van der Waals surface area contributed by atoms with Gasteiger partial charge in [-0.2, -0.15) is 0 Å². The standard InChI is InChI=1S/C28H39NO3S/c1-5-32-27(31)24-22-14-12-10-8-6-7-9-11-13-15-23(22)33-26(24)29-25(30)20-16-18-21(19-17-20)28(2,3)4/h16-19H,5-15H2,1-4H3,(H,29,30). The number of amides is 1. The number of aryl methyl sites for hydroxylation is 1. The van der Waals surface area contributed by atoms with E-state index in [0.717, 1.165) is 31.2 Å². The zero-order valence-corrected chi connectivity index (χ0v) is 21.5. The molecule has 1 heterocycles. The van der Waals surface area contributed by atoms with Crippen molar-refractivity contribution in [3.05, 3.63) is 51.4 Å². The first-order valence-corrected chi connectivity index (χ1v) is 13.4. The van der Waals surface area contributed by atoms with E-state index in [2.05, 4.69) is 26.1 Å². The van der Waals surface area contributed by atoms with E-state index >= 15 is 0 Å². The monoisotopic (exact) mass is 469 g/mol. The van der Waals surface area contributed by atoms with E-state index in [4.69, 9.17) is 4.74 Å². The molecular formula is C28H39NO3S. The Labute approximate surface area is 203 Å². The number of esters is 1. The number of carbonyl (C=O) groups is 2. The second kappa shape index (κ2) is 11.8. The fourth-order valence-corrected chi connectivity index (χ4v) is 5.70. The highest BCUT2D eigenvalue weighted by molar-refractivity contribution is 7.17. The van der Waals surface area contributed by atoms with Gasteiger partial charge in [0.1, 0.15) is 5.00 Å². The van der Waals surface area contributed by atoms with Gasteiger partial charge in [0.2, 0.25) is 0 Å². The van der Waals surface area contributed by atoms with Gasteiger partial charge in [-0.15, -0.1) is 11.3 Å². The summed E-state index contributed by atoms with van der Waals surface area (Å²) in [5, 5.41) is 3.69. The number of nitrogens with one attached hydrogen (secondary N) is 1. The van der Waals surface area contributed by atoms with Crippen molar-refractivity contribution < 1.29 is 14.3 Å². The highest BCUT2D eigenvalue weighted by Gasteiger charge is 2.26. The minimum atomic E-state index is -0.319. The van der Waals surface area contributed by atoms with Gasteiger partial charge in [-0.05, 0) is 61.3 Å². The van der Waals surface area contributed by atoms with Crippen molar-refractivity contribution in [1.82, 2.24) is 0 Å². The number of thiophene rings is 1. The molecule has 2 aromatic rings. The normalized spacial score (nSPS) is 15.6. The van der Waals surface area contributed by atoms with Gasteiger partial charge < -0.3 is 10.1 Å². The highest BCUT2D eigenvalue weighted by Crippen LogP contribution is 2.37. The van der Waals surface area contributed by atoms with Gasteiger partial charge in [0, 0.05) is 10.4 Å². The summed E-state index contributed by atoms with van der Waals surface area (Å²) in [6.07, 6.45) is 11.6. The quantitative estimate of drug-likeness (QED) is 0.467. The van der Waals surface area contributed by atoms with Crippen molar-refractivity contribution in [3.63, 3.8) is 0 Å². The summed E-state index contributed by atoms with van der Waals surface area (Å²) >= 11 is 1.56. The molecule has 1 aliphatic rings. The predicted molar refractivity (Wildman–Crippen MR) is 138 cm³/mol. The molecule has 0 atom stereocenters. The molecule has 3 rings (SSSR count). The molecule has 1 aromatic carbocycles. The minimum Gasteiger partial charge on any atom is -0.462 e. The summed E-state index contributed by atoms with van der Waals surface area (Å²) in [5.74, 6) is -0.501. The first-order chi connectivity index (χ1) is 15.8. The van der Waals surface area contributed by atoms with Crippen molar-refractivity contribution in [3.8, 4) is 0 Å². The van der Waals surface area contributed by atoms with E-state index in [1.807, 2.05) is 31.2 Å². The fourth-order valence-electron chi connectivity index (χ4n) is 4.43. The van der Waals surface area contributed by atoms with Crippen molar-refractivity contribution in [2.45, 2.75) is 97.3 Å². The van der Waals surface area contributed by atoms with Crippen LogP contribution in [0.15, 0.2) is 24.3 Å². The number of hydrogen-bond donors (Lipinski definition) is 1. The molecule has 0 fully saturated rings. The van der Waals surface area contributed by atoms with Crippen molar-refractivity contribution in [2.24, 2.45) is 0 Å². The van der Waals surface area contributed by atoms with Crippen molar-refractivity contribution in [1.29, 1.82) is 0 Å². The molecule has 33 heavy (non-hydrogen) atoms. The van der Waals surface area contributed by atoms with Crippen LogP contribution in [-0.4, -0.2) is 18.5 Å². The lowest BCUT2D eigenvalue weighted by atomic mass is 9.87. The highest BCUT2D eigenvalue weighted by atomic mass is 32.1. The summed E-state index contributed by atoms with van der Waals surface area (Å²) in [6, 6.07) is 7.75. The molecule has 0 bridgehead atoms. The molecule has 0 unspecified atom stereocenters. The largest absolute Gasteiger partial charge is 0.462 e. The minimum absolute atomic E-state index is 0.0328. The Balaban J connectivity index is 1.90. The van der Waals surface area contributed by atoms with Gasteiger partial charge >= 0.3 is 5.97 Å². The number of rotatable bonds is 4. The molecule has 0 radical (unpaired) electrons. The average molecular weight is 470 g/mol. The van der Waals surface area contributed by atoms with Crippen LogP contribution in [0, 0.1) is 0 Å². The Morgan fingerprint density at radius 2 is 1.48 bits per heavy atom. The van der Waals surface area contributed by atoms with Crippen LogP contribution in [0.3, 0.4) is 0 Å². The molecule has 180 valence electrons. The maximum absolute atomic E-state index is 13.1. The SMILES string of the molecule is CCOC(=O)c1c(NC(=O)c2ccc(C(C)(C)C)cc2)sc2c1CCCCCCCCCC2. The van der Waals surface area contributed by atoms with E-state index in [9.17, 15) is 9.59 Å². The Hall–Kier alpha value is -2.14. The number of benzene rings is 1. The zero-order chi connectivity index (χ0) is 23.8. The maximum atomic E-state index is 13.1. The lowest BCUT2D eigenvalue weighted by Gasteiger charge is -2.19. The average Bonchev–Trinajstić information content (AvgIpc) is 3.10. The third-order valence-electron chi connectivity index (χ3n) is 6.39. The molecule has 1 aliphatic carbocycles. The molecule has 4 nitrogen and oxygen atoms in total. The summed E-state index contributed by atoms with van der Waals surface area (Å²) in [7, 11) is 0. The molecular weight excluding hydrogens is 430 g/mol. The van der Waals surface area contributed by atoms with Crippen molar-refractivity contribution in [2.75, 3.05) is 11.9 Å². The van der Waals surface area contributed by atoms with Crippen LogP contribution < -0.4 is 5.32 Å². The third-order valence-corrected chi connectivity index (χ3v) is 7.60.